The van der Waals surface area contributed by atoms with E-state index in [2.05, 4.69) is 55.5 Å². The molecule has 0 amide bonds. The van der Waals surface area contributed by atoms with Gasteiger partial charge in [-0.25, -0.2) is 5.01 Å². The molecular formula is C11H18N2. The van der Waals surface area contributed by atoms with Crippen LogP contribution in [0.3, 0.4) is 0 Å². The largest absolute Gasteiger partial charge is 0.319 e. The summed E-state index contributed by atoms with van der Waals surface area (Å²) in [5.74, 6) is 0. The molecule has 0 radical (unpaired) electrons. The molecule has 2 heteroatoms. The summed E-state index contributed by atoms with van der Waals surface area (Å²) in [6, 6.07) is 8.41. The van der Waals surface area contributed by atoms with E-state index in [1.807, 2.05) is 0 Å². The van der Waals surface area contributed by atoms with Crippen LogP contribution in [0.5, 0.6) is 0 Å². The minimum absolute atomic E-state index is 1.02. The summed E-state index contributed by atoms with van der Waals surface area (Å²) in [6.07, 6.45) is 0. The molecule has 0 aromatic heterocycles. The van der Waals surface area contributed by atoms with Crippen molar-refractivity contribution in [2.45, 2.75) is 20.8 Å². The number of rotatable bonds is 4. The quantitative estimate of drug-likeness (QED) is 0.713. The van der Waals surface area contributed by atoms with E-state index in [1.54, 1.807) is 0 Å². The molecule has 13 heavy (non-hydrogen) atoms. The van der Waals surface area contributed by atoms with Gasteiger partial charge in [0.15, 0.2) is 0 Å². The van der Waals surface area contributed by atoms with Crippen molar-refractivity contribution < 1.29 is 0 Å². The molecule has 0 saturated heterocycles. The fourth-order valence-corrected chi connectivity index (χ4v) is 1.28. The summed E-state index contributed by atoms with van der Waals surface area (Å²) >= 11 is 0. The molecule has 0 heterocycles. The van der Waals surface area contributed by atoms with Gasteiger partial charge in [0.1, 0.15) is 0 Å². The molecule has 0 fully saturated rings. The molecule has 1 rings (SSSR count). The van der Waals surface area contributed by atoms with Crippen molar-refractivity contribution in [3.05, 3.63) is 29.8 Å². The monoisotopic (exact) mass is 178 g/mol. The standard InChI is InChI=1S/C11H18N2/c1-4-13(5-2)12-11-8-6-7-10(3)9-11/h6-9,12H,4-5H2,1-3H3. The molecule has 0 atom stereocenters. The van der Waals surface area contributed by atoms with Gasteiger partial charge in [-0.1, -0.05) is 26.0 Å². The highest BCUT2D eigenvalue weighted by atomic mass is 15.5. The smallest absolute Gasteiger partial charge is 0.0492 e. The van der Waals surface area contributed by atoms with Crippen LogP contribution in [0.1, 0.15) is 19.4 Å². The number of anilines is 1. The number of hydrazine groups is 1. The number of hydrogen-bond donors (Lipinski definition) is 1. The van der Waals surface area contributed by atoms with Crippen LogP contribution < -0.4 is 5.43 Å². The van der Waals surface area contributed by atoms with Gasteiger partial charge in [0.25, 0.3) is 0 Å². The zero-order valence-corrected chi connectivity index (χ0v) is 8.67. The van der Waals surface area contributed by atoms with E-state index in [-0.39, 0.29) is 0 Å². The zero-order valence-electron chi connectivity index (χ0n) is 8.67. The summed E-state index contributed by atoms with van der Waals surface area (Å²) in [6.45, 7) is 8.43. The maximum atomic E-state index is 3.35. The van der Waals surface area contributed by atoms with Crippen molar-refractivity contribution in [3.63, 3.8) is 0 Å². The zero-order chi connectivity index (χ0) is 9.68. The Labute approximate surface area is 80.5 Å². The van der Waals surface area contributed by atoms with Crippen LogP contribution >= 0.6 is 0 Å². The summed E-state index contributed by atoms with van der Waals surface area (Å²) < 4.78 is 0. The van der Waals surface area contributed by atoms with Crippen molar-refractivity contribution in [1.29, 1.82) is 0 Å². The van der Waals surface area contributed by atoms with Gasteiger partial charge >= 0.3 is 0 Å². The predicted octanol–water partition coefficient (Wildman–Crippen LogP) is 2.66. The maximum absolute atomic E-state index is 3.35. The summed E-state index contributed by atoms with van der Waals surface area (Å²) in [4.78, 5) is 0. The lowest BCUT2D eigenvalue weighted by Gasteiger charge is -2.20. The Morgan fingerprint density at radius 2 is 1.92 bits per heavy atom. The number of hydrogen-bond acceptors (Lipinski definition) is 2. The van der Waals surface area contributed by atoms with E-state index in [1.165, 1.54) is 11.3 Å². The fraction of sp³-hybridized carbons (Fsp3) is 0.455. The Kier molecular flexibility index (Phi) is 3.77. The van der Waals surface area contributed by atoms with Crippen molar-refractivity contribution in [3.8, 4) is 0 Å². The van der Waals surface area contributed by atoms with E-state index in [0.29, 0.717) is 0 Å². The van der Waals surface area contributed by atoms with Gasteiger partial charge in [-0.2, -0.15) is 0 Å². The Morgan fingerprint density at radius 1 is 1.23 bits per heavy atom. The molecule has 0 spiro atoms. The van der Waals surface area contributed by atoms with Crippen LogP contribution in [0.2, 0.25) is 0 Å². The Bertz CT molecular complexity index is 254. The average Bonchev–Trinajstić information content (AvgIpc) is 2.14. The third-order valence-electron chi connectivity index (χ3n) is 2.07. The van der Waals surface area contributed by atoms with Gasteiger partial charge < -0.3 is 5.43 Å². The Morgan fingerprint density at radius 3 is 2.46 bits per heavy atom. The van der Waals surface area contributed by atoms with Crippen LogP contribution in [-0.4, -0.2) is 18.1 Å². The first kappa shape index (κ1) is 10.1. The van der Waals surface area contributed by atoms with Gasteiger partial charge in [0, 0.05) is 18.8 Å². The molecule has 0 aliphatic carbocycles. The first-order valence-corrected chi connectivity index (χ1v) is 4.84. The Balaban J connectivity index is 2.62. The van der Waals surface area contributed by atoms with Crippen molar-refractivity contribution >= 4 is 5.69 Å². The first-order valence-electron chi connectivity index (χ1n) is 4.84. The molecule has 0 aliphatic rings. The second kappa shape index (κ2) is 4.87. The SMILES string of the molecule is CCN(CC)Nc1cccc(C)c1. The fourth-order valence-electron chi connectivity index (χ4n) is 1.28. The van der Waals surface area contributed by atoms with Crippen molar-refractivity contribution in [1.82, 2.24) is 5.01 Å². The topological polar surface area (TPSA) is 15.3 Å². The van der Waals surface area contributed by atoms with E-state index in [0.717, 1.165) is 13.1 Å². The molecule has 0 bridgehead atoms. The van der Waals surface area contributed by atoms with Gasteiger partial charge in [-0.3, -0.25) is 0 Å². The molecule has 2 nitrogen and oxygen atoms in total. The highest BCUT2D eigenvalue weighted by Gasteiger charge is 1.97. The van der Waals surface area contributed by atoms with Crippen molar-refractivity contribution in [2.75, 3.05) is 18.5 Å². The van der Waals surface area contributed by atoms with E-state index in [4.69, 9.17) is 0 Å². The van der Waals surface area contributed by atoms with Gasteiger partial charge in [0.05, 0.1) is 0 Å². The number of aryl methyl sites for hydroxylation is 1. The molecule has 1 N–H and O–H groups in total. The van der Waals surface area contributed by atoms with Crippen molar-refractivity contribution in [2.24, 2.45) is 0 Å². The minimum Gasteiger partial charge on any atom is -0.319 e. The number of nitrogens with one attached hydrogen (secondary N) is 1. The summed E-state index contributed by atoms with van der Waals surface area (Å²) in [5.41, 5.74) is 5.81. The third kappa shape index (κ3) is 3.07. The molecular weight excluding hydrogens is 160 g/mol. The molecule has 72 valence electrons. The number of benzene rings is 1. The maximum Gasteiger partial charge on any atom is 0.0492 e. The minimum atomic E-state index is 1.02. The highest BCUT2D eigenvalue weighted by Crippen LogP contribution is 2.10. The first-order chi connectivity index (χ1) is 6.26. The van der Waals surface area contributed by atoms with Gasteiger partial charge in [-0.05, 0) is 24.6 Å². The van der Waals surface area contributed by atoms with Crippen LogP contribution in [-0.2, 0) is 0 Å². The van der Waals surface area contributed by atoms with Gasteiger partial charge in [-0.15, -0.1) is 0 Å². The third-order valence-corrected chi connectivity index (χ3v) is 2.07. The normalized spacial score (nSPS) is 10.5. The lowest BCUT2D eigenvalue weighted by Crippen LogP contribution is -2.29. The molecule has 1 aromatic rings. The lowest BCUT2D eigenvalue weighted by molar-refractivity contribution is 0.367. The number of nitrogens with zero attached hydrogens (tertiary/aromatic N) is 1. The van der Waals surface area contributed by atoms with E-state index >= 15 is 0 Å². The molecule has 0 unspecified atom stereocenters. The molecule has 0 aliphatic heterocycles. The van der Waals surface area contributed by atoms with E-state index < -0.39 is 0 Å². The average molecular weight is 178 g/mol. The second-order valence-electron chi connectivity index (χ2n) is 3.15. The van der Waals surface area contributed by atoms with Gasteiger partial charge in [0.2, 0.25) is 0 Å². The van der Waals surface area contributed by atoms with E-state index in [9.17, 15) is 0 Å². The lowest BCUT2D eigenvalue weighted by atomic mass is 10.2. The summed E-state index contributed by atoms with van der Waals surface area (Å²) in [5, 5.41) is 2.18. The molecule has 0 saturated carbocycles. The highest BCUT2D eigenvalue weighted by molar-refractivity contribution is 5.44. The van der Waals surface area contributed by atoms with Crippen LogP contribution in [0.25, 0.3) is 0 Å². The van der Waals surface area contributed by atoms with Crippen LogP contribution in [0.4, 0.5) is 5.69 Å². The second-order valence-corrected chi connectivity index (χ2v) is 3.15. The predicted molar refractivity (Wildman–Crippen MR) is 57.7 cm³/mol. The summed E-state index contributed by atoms with van der Waals surface area (Å²) in [7, 11) is 0. The van der Waals surface area contributed by atoms with Crippen LogP contribution in [0, 0.1) is 6.92 Å². The Hall–Kier alpha value is -1.02. The van der Waals surface area contributed by atoms with Crippen LogP contribution in [0.15, 0.2) is 24.3 Å². The molecule has 1 aromatic carbocycles.